The molecule has 5 nitrogen and oxygen atoms in total. The van der Waals surface area contributed by atoms with E-state index in [-0.39, 0.29) is 11.5 Å². The summed E-state index contributed by atoms with van der Waals surface area (Å²) in [6.07, 6.45) is 0.891. The summed E-state index contributed by atoms with van der Waals surface area (Å²) >= 11 is 0. The Hall–Kier alpha value is -0.940. The first-order valence-corrected chi connectivity index (χ1v) is 7.26. The molecule has 0 aliphatic rings. The number of nitrogens with two attached hydrogens (primary N) is 1. The molecule has 20 heavy (non-hydrogen) atoms. The second-order valence-electron chi connectivity index (χ2n) is 7.26. The summed E-state index contributed by atoms with van der Waals surface area (Å²) in [6.45, 7) is 15.0. The topological polar surface area (TPSA) is 74.2 Å². The van der Waals surface area contributed by atoms with Gasteiger partial charge in [-0.3, -0.25) is 0 Å². The smallest absolute Gasteiger partial charge is 0.227 e. The summed E-state index contributed by atoms with van der Waals surface area (Å²) in [6, 6.07) is 0. The van der Waals surface area contributed by atoms with E-state index >= 15 is 0 Å². The number of hydrogen-bond donors (Lipinski definition) is 1. The lowest BCUT2D eigenvalue weighted by molar-refractivity contribution is 0.0410. The van der Waals surface area contributed by atoms with Crippen LogP contribution in [-0.2, 0) is 16.7 Å². The average Bonchev–Trinajstić information content (AvgIpc) is 2.74. The molecular weight excluding hydrogens is 254 g/mol. The van der Waals surface area contributed by atoms with E-state index in [0.29, 0.717) is 24.2 Å². The van der Waals surface area contributed by atoms with Crippen molar-refractivity contribution in [3.05, 3.63) is 11.7 Å². The highest BCUT2D eigenvalue weighted by Crippen LogP contribution is 2.28. The molecule has 0 amide bonds. The van der Waals surface area contributed by atoms with Crippen molar-refractivity contribution in [1.82, 2.24) is 10.1 Å². The van der Waals surface area contributed by atoms with Crippen LogP contribution in [0.15, 0.2) is 4.52 Å². The summed E-state index contributed by atoms with van der Waals surface area (Å²) < 4.78 is 10.9. The summed E-state index contributed by atoms with van der Waals surface area (Å²) in [4.78, 5) is 4.43. The van der Waals surface area contributed by atoms with E-state index in [1.165, 1.54) is 0 Å². The number of ether oxygens (including phenoxy) is 1. The first-order chi connectivity index (χ1) is 9.02. The molecule has 0 aromatic carbocycles. The van der Waals surface area contributed by atoms with Gasteiger partial charge in [0.15, 0.2) is 5.82 Å². The number of hydrogen-bond acceptors (Lipinski definition) is 5. The van der Waals surface area contributed by atoms with Gasteiger partial charge in [0.2, 0.25) is 5.89 Å². The third kappa shape index (κ3) is 4.87. The Balaban J connectivity index is 2.71. The largest absolute Gasteiger partial charge is 0.376 e. The van der Waals surface area contributed by atoms with Crippen molar-refractivity contribution in [2.75, 3.05) is 6.61 Å². The molecule has 0 fully saturated rings. The second-order valence-corrected chi connectivity index (χ2v) is 7.26. The van der Waals surface area contributed by atoms with Gasteiger partial charge in [-0.1, -0.05) is 32.9 Å². The fraction of sp³-hybridized carbons (Fsp3) is 0.867. The molecule has 2 atom stereocenters. The molecule has 2 N–H and O–H groups in total. The van der Waals surface area contributed by atoms with Crippen molar-refractivity contribution in [3.63, 3.8) is 0 Å². The van der Waals surface area contributed by atoms with Crippen LogP contribution in [0.25, 0.3) is 0 Å². The molecule has 5 heteroatoms. The van der Waals surface area contributed by atoms with E-state index in [1.807, 2.05) is 20.8 Å². The molecule has 1 rings (SSSR count). The van der Waals surface area contributed by atoms with Gasteiger partial charge in [-0.05, 0) is 32.1 Å². The van der Waals surface area contributed by atoms with Crippen LogP contribution in [0.2, 0.25) is 0 Å². The second kappa shape index (κ2) is 6.22. The average molecular weight is 283 g/mol. The van der Waals surface area contributed by atoms with Gasteiger partial charge in [0, 0.05) is 6.42 Å². The van der Waals surface area contributed by atoms with Gasteiger partial charge in [-0.15, -0.1) is 0 Å². The molecule has 1 heterocycles. The molecule has 0 radical (unpaired) electrons. The molecule has 0 bridgehead atoms. The Labute approximate surface area is 122 Å². The third-order valence-corrected chi connectivity index (χ3v) is 3.65. The Kier molecular flexibility index (Phi) is 5.33. The van der Waals surface area contributed by atoms with Crippen LogP contribution in [0.5, 0.6) is 0 Å². The first-order valence-electron chi connectivity index (χ1n) is 7.26. The predicted octanol–water partition coefficient (Wildman–Crippen LogP) is 2.89. The summed E-state index contributed by atoms with van der Waals surface area (Å²) in [5.74, 6) is 1.60. The Bertz CT molecular complexity index is 419. The lowest BCUT2D eigenvalue weighted by atomic mass is 9.80. The fourth-order valence-corrected chi connectivity index (χ4v) is 1.54. The maximum absolute atomic E-state index is 6.21. The van der Waals surface area contributed by atoms with Gasteiger partial charge in [0.1, 0.15) is 5.54 Å². The highest BCUT2D eigenvalue weighted by molar-refractivity contribution is 5.02. The van der Waals surface area contributed by atoms with Crippen LogP contribution in [-0.4, -0.2) is 22.9 Å². The minimum atomic E-state index is -0.725. The van der Waals surface area contributed by atoms with Crippen molar-refractivity contribution in [3.8, 4) is 0 Å². The fourth-order valence-electron chi connectivity index (χ4n) is 1.54. The van der Waals surface area contributed by atoms with Gasteiger partial charge < -0.3 is 15.0 Å². The third-order valence-electron chi connectivity index (χ3n) is 3.65. The lowest BCUT2D eigenvalue weighted by Crippen LogP contribution is -2.40. The quantitative estimate of drug-likeness (QED) is 0.869. The highest BCUT2D eigenvalue weighted by atomic mass is 16.5. The monoisotopic (exact) mass is 283 g/mol. The maximum Gasteiger partial charge on any atom is 0.227 e. The Morgan fingerprint density at radius 2 is 1.80 bits per heavy atom. The maximum atomic E-state index is 6.21. The lowest BCUT2D eigenvalue weighted by Gasteiger charge is -2.25. The van der Waals surface area contributed by atoms with Gasteiger partial charge in [-0.25, -0.2) is 0 Å². The number of rotatable bonds is 6. The molecule has 0 aliphatic heterocycles. The van der Waals surface area contributed by atoms with E-state index in [9.17, 15) is 0 Å². The molecule has 0 aliphatic carbocycles. The molecule has 2 unspecified atom stereocenters. The molecule has 0 saturated carbocycles. The van der Waals surface area contributed by atoms with Crippen molar-refractivity contribution < 1.29 is 9.26 Å². The molecule has 0 saturated heterocycles. The van der Waals surface area contributed by atoms with Crippen LogP contribution in [0.1, 0.15) is 60.2 Å². The standard InChI is InChI=1S/C15H29N3O2/c1-10(2)19-9-15(7,16)13-17-12(20-18-13)8-11(3)14(4,5)6/h10-11H,8-9,16H2,1-7H3. The molecule has 1 aromatic rings. The van der Waals surface area contributed by atoms with E-state index < -0.39 is 5.54 Å². The van der Waals surface area contributed by atoms with Crippen LogP contribution in [0, 0.1) is 11.3 Å². The van der Waals surface area contributed by atoms with E-state index in [4.69, 9.17) is 15.0 Å². The van der Waals surface area contributed by atoms with Gasteiger partial charge >= 0.3 is 0 Å². The Morgan fingerprint density at radius 1 is 1.20 bits per heavy atom. The normalized spacial score (nSPS) is 17.2. The van der Waals surface area contributed by atoms with Crippen LogP contribution >= 0.6 is 0 Å². The minimum absolute atomic E-state index is 0.130. The van der Waals surface area contributed by atoms with Crippen molar-refractivity contribution in [2.45, 2.75) is 66.5 Å². The van der Waals surface area contributed by atoms with Crippen LogP contribution in [0.4, 0.5) is 0 Å². The zero-order valence-electron chi connectivity index (χ0n) is 13.9. The zero-order chi connectivity index (χ0) is 15.6. The van der Waals surface area contributed by atoms with Crippen LogP contribution in [0.3, 0.4) is 0 Å². The van der Waals surface area contributed by atoms with Gasteiger partial charge in [0.25, 0.3) is 0 Å². The SMILES string of the molecule is CC(C)OCC(C)(N)c1noc(CC(C)C(C)(C)C)n1. The Morgan fingerprint density at radius 3 is 2.30 bits per heavy atom. The van der Waals surface area contributed by atoms with Crippen LogP contribution < -0.4 is 5.73 Å². The summed E-state index contributed by atoms with van der Waals surface area (Å²) in [5.41, 5.74) is 5.69. The van der Waals surface area contributed by atoms with E-state index in [0.717, 1.165) is 6.42 Å². The minimum Gasteiger partial charge on any atom is -0.376 e. The highest BCUT2D eigenvalue weighted by Gasteiger charge is 2.29. The van der Waals surface area contributed by atoms with Crippen molar-refractivity contribution in [1.29, 1.82) is 0 Å². The number of nitrogens with zero attached hydrogens (tertiary/aromatic N) is 2. The summed E-state index contributed by atoms with van der Waals surface area (Å²) in [7, 11) is 0. The van der Waals surface area contributed by atoms with E-state index in [1.54, 1.807) is 0 Å². The number of aromatic nitrogens is 2. The van der Waals surface area contributed by atoms with Gasteiger partial charge in [0.05, 0.1) is 12.7 Å². The first kappa shape index (κ1) is 17.1. The van der Waals surface area contributed by atoms with E-state index in [2.05, 4.69) is 37.8 Å². The van der Waals surface area contributed by atoms with Gasteiger partial charge in [-0.2, -0.15) is 4.98 Å². The molecule has 0 spiro atoms. The molecule has 1 aromatic heterocycles. The molecular formula is C15H29N3O2. The summed E-state index contributed by atoms with van der Waals surface area (Å²) in [5, 5.41) is 4.01. The van der Waals surface area contributed by atoms with Crippen molar-refractivity contribution >= 4 is 0 Å². The predicted molar refractivity (Wildman–Crippen MR) is 79.2 cm³/mol. The zero-order valence-corrected chi connectivity index (χ0v) is 13.9. The molecule has 116 valence electrons. The van der Waals surface area contributed by atoms with Crippen molar-refractivity contribution in [2.24, 2.45) is 17.1 Å².